The third-order valence-corrected chi connectivity index (χ3v) is 5.70. The van der Waals surface area contributed by atoms with Gasteiger partial charge in [0.15, 0.2) is 0 Å². The largest absolute Gasteiger partial charge is 0.325 e. The number of nitrogens with zero attached hydrogens (tertiary/aromatic N) is 3. The zero-order valence-electron chi connectivity index (χ0n) is 13.0. The highest BCUT2D eigenvalue weighted by molar-refractivity contribution is 5.05. The number of likely N-dealkylation sites (tertiary alicyclic amines) is 3. The van der Waals surface area contributed by atoms with Crippen LogP contribution in [0, 0.1) is 5.41 Å². The SMILES string of the molecule is CC(C)N1CC2(CCN(C(C)(C)N3CC(N)C3)C2)C1. The predicted octanol–water partition coefficient (Wildman–Crippen LogP) is 0.782. The molecule has 0 unspecified atom stereocenters. The molecule has 1 spiro atoms. The van der Waals surface area contributed by atoms with E-state index in [1.807, 2.05) is 0 Å². The van der Waals surface area contributed by atoms with Gasteiger partial charge in [-0.25, -0.2) is 0 Å². The van der Waals surface area contributed by atoms with E-state index in [9.17, 15) is 0 Å². The molecular weight excluding hydrogens is 236 g/mol. The first-order valence-corrected chi connectivity index (χ1v) is 7.82. The summed E-state index contributed by atoms with van der Waals surface area (Å²) in [6.45, 7) is 16.6. The molecule has 3 saturated heterocycles. The third kappa shape index (κ3) is 2.23. The van der Waals surface area contributed by atoms with Gasteiger partial charge in [0.05, 0.1) is 5.66 Å². The van der Waals surface area contributed by atoms with Gasteiger partial charge in [-0.2, -0.15) is 0 Å². The van der Waals surface area contributed by atoms with Crippen molar-refractivity contribution in [3.8, 4) is 0 Å². The minimum atomic E-state index is 0.192. The standard InChI is InChI=1S/C15H30N4/c1-12(2)17-9-15(10-17)5-6-18(11-15)14(3,4)19-7-13(16)8-19/h12-13H,5-11,16H2,1-4H3. The van der Waals surface area contributed by atoms with Gasteiger partial charge in [-0.15, -0.1) is 0 Å². The Morgan fingerprint density at radius 2 is 1.74 bits per heavy atom. The van der Waals surface area contributed by atoms with Gasteiger partial charge in [0, 0.05) is 56.8 Å². The molecule has 4 heteroatoms. The van der Waals surface area contributed by atoms with Crippen LogP contribution in [0.1, 0.15) is 34.1 Å². The summed E-state index contributed by atoms with van der Waals surface area (Å²) in [5, 5.41) is 0. The first-order chi connectivity index (χ1) is 8.82. The minimum absolute atomic E-state index is 0.192. The highest BCUT2D eigenvalue weighted by Crippen LogP contribution is 2.43. The van der Waals surface area contributed by atoms with Crippen LogP contribution in [0.15, 0.2) is 0 Å². The van der Waals surface area contributed by atoms with Crippen molar-refractivity contribution >= 4 is 0 Å². The summed E-state index contributed by atoms with van der Waals surface area (Å²) >= 11 is 0. The minimum Gasteiger partial charge on any atom is -0.325 e. The molecule has 19 heavy (non-hydrogen) atoms. The van der Waals surface area contributed by atoms with Gasteiger partial charge in [-0.3, -0.25) is 14.7 Å². The van der Waals surface area contributed by atoms with E-state index in [0.29, 0.717) is 17.5 Å². The van der Waals surface area contributed by atoms with Gasteiger partial charge in [-0.05, 0) is 34.1 Å². The average molecular weight is 266 g/mol. The lowest BCUT2D eigenvalue weighted by molar-refractivity contribution is -0.0819. The first kappa shape index (κ1) is 13.8. The molecule has 0 atom stereocenters. The Kier molecular flexibility index (Phi) is 3.21. The molecule has 0 aromatic carbocycles. The number of rotatable bonds is 3. The zero-order valence-corrected chi connectivity index (χ0v) is 13.0. The van der Waals surface area contributed by atoms with E-state index in [4.69, 9.17) is 5.73 Å². The van der Waals surface area contributed by atoms with Crippen molar-refractivity contribution in [1.29, 1.82) is 0 Å². The lowest BCUT2D eigenvalue weighted by Gasteiger charge is -2.54. The molecule has 0 amide bonds. The van der Waals surface area contributed by atoms with Gasteiger partial charge < -0.3 is 5.73 Å². The van der Waals surface area contributed by atoms with Crippen molar-refractivity contribution in [2.45, 2.75) is 51.9 Å². The summed E-state index contributed by atoms with van der Waals surface area (Å²) in [4.78, 5) is 7.84. The van der Waals surface area contributed by atoms with Crippen molar-refractivity contribution in [1.82, 2.24) is 14.7 Å². The summed E-state index contributed by atoms with van der Waals surface area (Å²) in [5.41, 5.74) is 6.72. The Bertz CT molecular complexity index is 340. The summed E-state index contributed by atoms with van der Waals surface area (Å²) < 4.78 is 0. The van der Waals surface area contributed by atoms with Crippen LogP contribution in [0.2, 0.25) is 0 Å². The topological polar surface area (TPSA) is 35.7 Å². The Labute approximate surface area is 117 Å². The molecule has 0 aliphatic carbocycles. The lowest BCUT2D eigenvalue weighted by atomic mass is 9.78. The van der Waals surface area contributed by atoms with Crippen LogP contribution in [0.5, 0.6) is 0 Å². The normalized spacial score (nSPS) is 30.0. The maximum absolute atomic E-state index is 5.94. The predicted molar refractivity (Wildman–Crippen MR) is 79.0 cm³/mol. The molecule has 0 bridgehead atoms. The maximum atomic E-state index is 5.94. The highest BCUT2D eigenvalue weighted by atomic mass is 15.4. The second-order valence-corrected chi connectivity index (χ2v) is 7.83. The Hall–Kier alpha value is -0.160. The molecule has 3 aliphatic rings. The molecule has 3 heterocycles. The van der Waals surface area contributed by atoms with Crippen LogP contribution in [0.25, 0.3) is 0 Å². The van der Waals surface area contributed by atoms with E-state index in [0.717, 1.165) is 13.1 Å². The van der Waals surface area contributed by atoms with E-state index in [1.165, 1.54) is 32.6 Å². The van der Waals surface area contributed by atoms with E-state index in [2.05, 4.69) is 42.4 Å². The molecule has 3 rings (SSSR count). The van der Waals surface area contributed by atoms with Crippen molar-refractivity contribution in [3.05, 3.63) is 0 Å². The highest BCUT2D eigenvalue weighted by Gasteiger charge is 2.52. The number of nitrogens with two attached hydrogens (primary N) is 1. The van der Waals surface area contributed by atoms with Gasteiger partial charge in [0.2, 0.25) is 0 Å². The number of hydrogen-bond donors (Lipinski definition) is 1. The summed E-state index contributed by atoms with van der Waals surface area (Å²) in [6, 6.07) is 1.11. The molecule has 2 N–H and O–H groups in total. The fraction of sp³-hybridized carbons (Fsp3) is 1.00. The third-order valence-electron chi connectivity index (χ3n) is 5.70. The molecule has 3 fully saturated rings. The van der Waals surface area contributed by atoms with Crippen LogP contribution in [-0.2, 0) is 0 Å². The van der Waals surface area contributed by atoms with Crippen LogP contribution in [0.4, 0.5) is 0 Å². The molecule has 110 valence electrons. The Balaban J connectivity index is 1.57. The summed E-state index contributed by atoms with van der Waals surface area (Å²) in [7, 11) is 0. The van der Waals surface area contributed by atoms with Gasteiger partial charge in [-0.1, -0.05) is 0 Å². The fourth-order valence-corrected chi connectivity index (χ4v) is 4.00. The van der Waals surface area contributed by atoms with Crippen LogP contribution in [0.3, 0.4) is 0 Å². The van der Waals surface area contributed by atoms with E-state index < -0.39 is 0 Å². The van der Waals surface area contributed by atoms with Crippen LogP contribution >= 0.6 is 0 Å². The summed E-state index contributed by atoms with van der Waals surface area (Å²) in [5.74, 6) is 0. The van der Waals surface area contributed by atoms with E-state index in [1.54, 1.807) is 0 Å². The zero-order chi connectivity index (χ0) is 13.8. The molecule has 0 aromatic rings. The first-order valence-electron chi connectivity index (χ1n) is 7.82. The molecular formula is C15H30N4. The molecule has 0 aromatic heterocycles. The monoisotopic (exact) mass is 266 g/mol. The van der Waals surface area contributed by atoms with Crippen molar-refractivity contribution in [2.75, 3.05) is 39.3 Å². The van der Waals surface area contributed by atoms with Gasteiger partial charge in [0.25, 0.3) is 0 Å². The Morgan fingerprint density at radius 1 is 1.11 bits per heavy atom. The summed E-state index contributed by atoms with van der Waals surface area (Å²) in [6.07, 6.45) is 1.37. The van der Waals surface area contributed by atoms with Crippen molar-refractivity contribution < 1.29 is 0 Å². The van der Waals surface area contributed by atoms with Gasteiger partial charge >= 0.3 is 0 Å². The lowest BCUT2D eigenvalue weighted by Crippen LogP contribution is -2.69. The maximum Gasteiger partial charge on any atom is 0.0681 e. The number of hydrogen-bond acceptors (Lipinski definition) is 4. The van der Waals surface area contributed by atoms with E-state index >= 15 is 0 Å². The van der Waals surface area contributed by atoms with E-state index in [-0.39, 0.29) is 5.66 Å². The second-order valence-electron chi connectivity index (χ2n) is 7.83. The quantitative estimate of drug-likeness (QED) is 0.819. The van der Waals surface area contributed by atoms with Crippen LogP contribution in [-0.4, -0.2) is 71.7 Å². The molecule has 4 nitrogen and oxygen atoms in total. The molecule has 3 aliphatic heterocycles. The van der Waals surface area contributed by atoms with Crippen molar-refractivity contribution in [2.24, 2.45) is 11.1 Å². The smallest absolute Gasteiger partial charge is 0.0681 e. The molecule has 0 saturated carbocycles. The second kappa shape index (κ2) is 4.42. The average Bonchev–Trinajstić information content (AvgIpc) is 2.67. The fourth-order valence-electron chi connectivity index (χ4n) is 4.00. The Morgan fingerprint density at radius 3 is 2.26 bits per heavy atom. The molecule has 0 radical (unpaired) electrons. The van der Waals surface area contributed by atoms with Crippen LogP contribution < -0.4 is 5.73 Å². The van der Waals surface area contributed by atoms with Gasteiger partial charge in [0.1, 0.15) is 0 Å². The van der Waals surface area contributed by atoms with Crippen molar-refractivity contribution in [3.63, 3.8) is 0 Å².